The number of aryl methyl sites for hydroxylation is 1. The summed E-state index contributed by atoms with van der Waals surface area (Å²) in [7, 11) is 0. The zero-order valence-electron chi connectivity index (χ0n) is 11.0. The summed E-state index contributed by atoms with van der Waals surface area (Å²) >= 11 is 0. The third-order valence-corrected chi connectivity index (χ3v) is 3.90. The van der Waals surface area contributed by atoms with Crippen molar-refractivity contribution in [3.8, 4) is 11.4 Å². The maximum Gasteiger partial charge on any atom is 0.182 e. The van der Waals surface area contributed by atoms with Gasteiger partial charge in [0.25, 0.3) is 0 Å². The van der Waals surface area contributed by atoms with Gasteiger partial charge in [-0.25, -0.2) is 4.68 Å². The predicted molar refractivity (Wildman–Crippen MR) is 74.2 cm³/mol. The van der Waals surface area contributed by atoms with Crippen molar-refractivity contribution in [2.24, 2.45) is 5.92 Å². The number of nitrogens with two attached hydrogens (primary N) is 1. The lowest BCUT2D eigenvalue weighted by Crippen LogP contribution is -2.07. The third-order valence-electron chi connectivity index (χ3n) is 3.90. The number of hydrogen-bond acceptors (Lipinski definition) is 4. The van der Waals surface area contributed by atoms with E-state index in [4.69, 9.17) is 5.73 Å². The van der Waals surface area contributed by atoms with Gasteiger partial charge in [0.15, 0.2) is 5.82 Å². The molecule has 1 heterocycles. The number of nitrogen functional groups attached to an aromatic ring is 1. The molecule has 5 heteroatoms. The van der Waals surface area contributed by atoms with Gasteiger partial charge >= 0.3 is 0 Å². The average molecular weight is 257 g/mol. The Bertz CT molecular complexity index is 542. The Hall–Kier alpha value is -1.91. The van der Waals surface area contributed by atoms with Gasteiger partial charge in [-0.2, -0.15) is 0 Å². The van der Waals surface area contributed by atoms with E-state index in [0.717, 1.165) is 29.5 Å². The molecule has 1 aromatic carbocycles. The highest BCUT2D eigenvalue weighted by Crippen LogP contribution is 2.28. The highest BCUT2D eigenvalue weighted by Gasteiger charge is 2.16. The number of tetrazole rings is 1. The van der Waals surface area contributed by atoms with Crippen LogP contribution in [0.5, 0.6) is 0 Å². The Balaban J connectivity index is 1.74. The Labute approximate surface area is 112 Å². The number of anilines is 1. The molecule has 1 saturated carbocycles. The second-order valence-corrected chi connectivity index (χ2v) is 5.29. The molecule has 1 aromatic heterocycles. The Kier molecular flexibility index (Phi) is 3.44. The quantitative estimate of drug-likeness (QED) is 0.854. The fourth-order valence-electron chi connectivity index (χ4n) is 2.84. The lowest BCUT2D eigenvalue weighted by Gasteiger charge is -2.09. The molecule has 5 nitrogen and oxygen atoms in total. The third kappa shape index (κ3) is 2.75. The minimum absolute atomic E-state index is 0.739. The molecule has 3 rings (SSSR count). The molecule has 0 bridgehead atoms. The highest BCUT2D eigenvalue weighted by molar-refractivity contribution is 5.60. The van der Waals surface area contributed by atoms with Crippen molar-refractivity contribution in [3.05, 3.63) is 24.3 Å². The molecule has 0 radical (unpaired) electrons. The van der Waals surface area contributed by atoms with Gasteiger partial charge in [-0.05, 0) is 34.9 Å². The molecule has 0 amide bonds. The number of benzene rings is 1. The average Bonchev–Trinajstić information content (AvgIpc) is 3.08. The molecule has 2 N–H and O–H groups in total. The highest BCUT2D eigenvalue weighted by atomic mass is 15.5. The largest absolute Gasteiger partial charge is 0.399 e. The normalized spacial score (nSPS) is 16.0. The maximum absolute atomic E-state index is 5.81. The van der Waals surface area contributed by atoms with Crippen molar-refractivity contribution in [1.82, 2.24) is 20.2 Å². The summed E-state index contributed by atoms with van der Waals surface area (Å²) in [5.74, 6) is 1.66. The van der Waals surface area contributed by atoms with Crippen molar-refractivity contribution < 1.29 is 0 Å². The SMILES string of the molecule is Nc1cccc(-c2nnnn2CCC2CCCC2)c1. The molecule has 1 aliphatic carbocycles. The topological polar surface area (TPSA) is 69.6 Å². The van der Waals surface area contributed by atoms with E-state index in [2.05, 4.69) is 15.5 Å². The van der Waals surface area contributed by atoms with Crippen molar-refractivity contribution in [2.75, 3.05) is 5.73 Å². The molecular formula is C14H19N5. The minimum atomic E-state index is 0.739. The van der Waals surface area contributed by atoms with Gasteiger partial charge in [0.05, 0.1) is 0 Å². The van der Waals surface area contributed by atoms with Gasteiger partial charge in [0, 0.05) is 17.8 Å². The molecule has 1 fully saturated rings. The standard InChI is InChI=1S/C14H19N5/c15-13-7-3-6-12(10-13)14-16-17-18-19(14)9-8-11-4-1-2-5-11/h3,6-7,10-11H,1-2,4-5,8-9,15H2. The first-order chi connectivity index (χ1) is 9.33. The van der Waals surface area contributed by atoms with Crippen LogP contribution in [-0.4, -0.2) is 20.2 Å². The van der Waals surface area contributed by atoms with Gasteiger partial charge in [0.2, 0.25) is 0 Å². The number of nitrogens with zero attached hydrogens (tertiary/aromatic N) is 4. The molecule has 0 unspecified atom stereocenters. The van der Waals surface area contributed by atoms with E-state index in [1.54, 1.807) is 0 Å². The smallest absolute Gasteiger partial charge is 0.182 e. The van der Waals surface area contributed by atoms with Gasteiger partial charge < -0.3 is 5.73 Å². The summed E-state index contributed by atoms with van der Waals surface area (Å²) in [5, 5.41) is 12.0. The molecule has 0 spiro atoms. The van der Waals surface area contributed by atoms with Crippen LogP contribution in [0, 0.1) is 5.92 Å². The zero-order chi connectivity index (χ0) is 13.1. The van der Waals surface area contributed by atoms with E-state index in [0.29, 0.717) is 0 Å². The van der Waals surface area contributed by atoms with E-state index < -0.39 is 0 Å². The van der Waals surface area contributed by atoms with Crippen molar-refractivity contribution in [3.63, 3.8) is 0 Å². The van der Waals surface area contributed by atoms with Crippen molar-refractivity contribution in [2.45, 2.75) is 38.6 Å². The zero-order valence-corrected chi connectivity index (χ0v) is 11.0. The fourth-order valence-corrected chi connectivity index (χ4v) is 2.84. The first-order valence-electron chi connectivity index (χ1n) is 6.95. The lowest BCUT2D eigenvalue weighted by atomic mass is 10.0. The lowest BCUT2D eigenvalue weighted by molar-refractivity contribution is 0.436. The predicted octanol–water partition coefficient (Wildman–Crippen LogP) is 2.50. The molecule has 2 aromatic rings. The maximum atomic E-state index is 5.81. The van der Waals surface area contributed by atoms with E-state index in [1.807, 2.05) is 28.9 Å². The van der Waals surface area contributed by atoms with E-state index in [-0.39, 0.29) is 0 Å². The van der Waals surface area contributed by atoms with Gasteiger partial charge in [-0.3, -0.25) is 0 Å². The Morgan fingerprint density at radius 1 is 1.26 bits per heavy atom. The van der Waals surface area contributed by atoms with E-state index in [1.165, 1.54) is 32.1 Å². The molecule has 100 valence electrons. The van der Waals surface area contributed by atoms with Crippen LogP contribution in [0.25, 0.3) is 11.4 Å². The molecule has 19 heavy (non-hydrogen) atoms. The fraction of sp³-hybridized carbons (Fsp3) is 0.500. The second kappa shape index (κ2) is 5.38. The summed E-state index contributed by atoms with van der Waals surface area (Å²) < 4.78 is 1.90. The van der Waals surface area contributed by atoms with Crippen LogP contribution >= 0.6 is 0 Å². The summed E-state index contributed by atoms with van der Waals surface area (Å²) in [5.41, 5.74) is 7.53. The molecule has 0 atom stereocenters. The number of hydrogen-bond donors (Lipinski definition) is 1. The van der Waals surface area contributed by atoms with Gasteiger partial charge in [-0.1, -0.05) is 37.8 Å². The van der Waals surface area contributed by atoms with Crippen molar-refractivity contribution >= 4 is 5.69 Å². The minimum Gasteiger partial charge on any atom is -0.399 e. The van der Waals surface area contributed by atoms with Crippen LogP contribution in [0.1, 0.15) is 32.1 Å². The molecule has 0 aliphatic heterocycles. The Morgan fingerprint density at radius 3 is 2.89 bits per heavy atom. The van der Waals surface area contributed by atoms with Gasteiger partial charge in [0.1, 0.15) is 0 Å². The monoisotopic (exact) mass is 257 g/mol. The molecule has 1 aliphatic rings. The summed E-state index contributed by atoms with van der Waals surface area (Å²) in [6.45, 7) is 0.891. The summed E-state index contributed by atoms with van der Waals surface area (Å²) in [6.07, 6.45) is 6.64. The van der Waals surface area contributed by atoms with Gasteiger partial charge in [-0.15, -0.1) is 5.10 Å². The second-order valence-electron chi connectivity index (χ2n) is 5.29. The Morgan fingerprint density at radius 2 is 2.11 bits per heavy atom. The first kappa shape index (κ1) is 12.1. The van der Waals surface area contributed by atoms with Crippen LogP contribution < -0.4 is 5.73 Å². The van der Waals surface area contributed by atoms with Crippen LogP contribution in [-0.2, 0) is 6.54 Å². The van der Waals surface area contributed by atoms with Crippen LogP contribution in [0.3, 0.4) is 0 Å². The number of rotatable bonds is 4. The number of aromatic nitrogens is 4. The summed E-state index contributed by atoms with van der Waals surface area (Å²) in [6, 6.07) is 7.71. The summed E-state index contributed by atoms with van der Waals surface area (Å²) in [4.78, 5) is 0. The molecule has 0 saturated heterocycles. The first-order valence-corrected chi connectivity index (χ1v) is 6.95. The van der Waals surface area contributed by atoms with E-state index in [9.17, 15) is 0 Å². The van der Waals surface area contributed by atoms with Crippen molar-refractivity contribution in [1.29, 1.82) is 0 Å². The van der Waals surface area contributed by atoms with Crippen LogP contribution in [0.15, 0.2) is 24.3 Å². The van der Waals surface area contributed by atoms with Crippen LogP contribution in [0.4, 0.5) is 5.69 Å². The van der Waals surface area contributed by atoms with Crippen LogP contribution in [0.2, 0.25) is 0 Å². The molecular weight excluding hydrogens is 238 g/mol. The van der Waals surface area contributed by atoms with E-state index >= 15 is 0 Å².